The fourth-order valence-electron chi connectivity index (χ4n) is 2.85. The lowest BCUT2D eigenvalue weighted by molar-refractivity contribution is -0.143. The Balaban J connectivity index is 2.02. The molecule has 1 fully saturated rings. The van der Waals surface area contributed by atoms with Crippen molar-refractivity contribution in [1.29, 1.82) is 0 Å². The number of hydrogen-bond acceptors (Lipinski definition) is 4. The SMILES string of the molecule is CCCC=CC(C(=O)O)N1CCC(O)(c2cccnc2)CC1. The Labute approximate surface area is 131 Å². The highest BCUT2D eigenvalue weighted by atomic mass is 16.4. The van der Waals surface area contributed by atoms with Gasteiger partial charge in [0.2, 0.25) is 0 Å². The van der Waals surface area contributed by atoms with Crippen LogP contribution in [0.4, 0.5) is 0 Å². The van der Waals surface area contributed by atoms with Crippen LogP contribution in [0.5, 0.6) is 0 Å². The highest BCUT2D eigenvalue weighted by Gasteiger charge is 2.37. The van der Waals surface area contributed by atoms with Crippen LogP contribution in [0.25, 0.3) is 0 Å². The van der Waals surface area contributed by atoms with Gasteiger partial charge in [-0.3, -0.25) is 14.7 Å². The Kier molecular flexibility index (Phi) is 5.69. The maximum atomic E-state index is 11.5. The Morgan fingerprint density at radius 2 is 2.23 bits per heavy atom. The second kappa shape index (κ2) is 7.51. The zero-order chi connectivity index (χ0) is 16.0. The van der Waals surface area contributed by atoms with E-state index < -0.39 is 17.6 Å². The number of likely N-dealkylation sites (tertiary alicyclic amines) is 1. The van der Waals surface area contributed by atoms with E-state index in [1.807, 2.05) is 23.1 Å². The Morgan fingerprint density at radius 3 is 2.77 bits per heavy atom. The third-order valence-electron chi connectivity index (χ3n) is 4.24. The molecule has 1 atom stereocenters. The molecule has 0 amide bonds. The summed E-state index contributed by atoms with van der Waals surface area (Å²) in [5, 5.41) is 20.2. The third-order valence-corrected chi connectivity index (χ3v) is 4.24. The van der Waals surface area contributed by atoms with Crippen molar-refractivity contribution < 1.29 is 15.0 Å². The van der Waals surface area contributed by atoms with Crippen LogP contribution in [0.1, 0.15) is 38.2 Å². The number of carboxylic acids is 1. The van der Waals surface area contributed by atoms with Crippen LogP contribution >= 0.6 is 0 Å². The maximum absolute atomic E-state index is 11.5. The Bertz CT molecular complexity index is 508. The van der Waals surface area contributed by atoms with Gasteiger partial charge in [0.05, 0.1) is 5.60 Å². The van der Waals surface area contributed by atoms with Gasteiger partial charge < -0.3 is 10.2 Å². The zero-order valence-electron chi connectivity index (χ0n) is 13.0. The van der Waals surface area contributed by atoms with Crippen LogP contribution < -0.4 is 0 Å². The molecule has 2 heterocycles. The summed E-state index contributed by atoms with van der Waals surface area (Å²) in [4.78, 5) is 17.4. The molecule has 120 valence electrons. The summed E-state index contributed by atoms with van der Waals surface area (Å²) in [5.74, 6) is -0.834. The van der Waals surface area contributed by atoms with E-state index in [1.165, 1.54) is 0 Å². The van der Waals surface area contributed by atoms with Crippen molar-refractivity contribution in [2.45, 2.75) is 44.2 Å². The molecule has 22 heavy (non-hydrogen) atoms. The minimum Gasteiger partial charge on any atom is -0.480 e. The molecule has 2 rings (SSSR count). The second-order valence-electron chi connectivity index (χ2n) is 5.81. The molecule has 1 aliphatic rings. The molecule has 2 N–H and O–H groups in total. The lowest BCUT2D eigenvalue weighted by Gasteiger charge is -2.40. The maximum Gasteiger partial charge on any atom is 0.324 e. The van der Waals surface area contributed by atoms with E-state index in [1.54, 1.807) is 18.5 Å². The van der Waals surface area contributed by atoms with E-state index in [9.17, 15) is 15.0 Å². The normalized spacial score (nSPS) is 20.1. The quantitative estimate of drug-likeness (QED) is 0.788. The lowest BCUT2D eigenvalue weighted by atomic mass is 9.85. The van der Waals surface area contributed by atoms with Gasteiger partial charge in [-0.15, -0.1) is 0 Å². The zero-order valence-corrected chi connectivity index (χ0v) is 13.0. The topological polar surface area (TPSA) is 73.7 Å². The number of piperidine rings is 1. The van der Waals surface area contributed by atoms with Crippen molar-refractivity contribution in [2.75, 3.05) is 13.1 Å². The fourth-order valence-corrected chi connectivity index (χ4v) is 2.85. The predicted octanol–water partition coefficient (Wildman–Crippen LogP) is 2.17. The summed E-state index contributed by atoms with van der Waals surface area (Å²) in [6, 6.07) is 3.08. The molecule has 0 bridgehead atoms. The van der Waals surface area contributed by atoms with Crippen LogP contribution in [-0.4, -0.2) is 45.2 Å². The highest BCUT2D eigenvalue weighted by molar-refractivity contribution is 5.75. The van der Waals surface area contributed by atoms with Crippen LogP contribution in [0, 0.1) is 0 Å². The largest absolute Gasteiger partial charge is 0.480 e. The summed E-state index contributed by atoms with van der Waals surface area (Å²) < 4.78 is 0. The number of nitrogens with zero attached hydrogens (tertiary/aromatic N) is 2. The number of aliphatic hydroxyl groups is 1. The Hall–Kier alpha value is -1.72. The summed E-state index contributed by atoms with van der Waals surface area (Å²) in [7, 11) is 0. The van der Waals surface area contributed by atoms with E-state index in [-0.39, 0.29) is 0 Å². The molecule has 1 unspecified atom stereocenters. The van der Waals surface area contributed by atoms with E-state index in [0.717, 1.165) is 18.4 Å². The van der Waals surface area contributed by atoms with Gasteiger partial charge in [-0.1, -0.05) is 31.6 Å². The van der Waals surface area contributed by atoms with Crippen molar-refractivity contribution in [3.8, 4) is 0 Å². The van der Waals surface area contributed by atoms with Gasteiger partial charge in [-0.05, 0) is 25.3 Å². The number of carbonyl (C=O) groups is 1. The van der Waals surface area contributed by atoms with Crippen molar-refractivity contribution >= 4 is 5.97 Å². The second-order valence-corrected chi connectivity index (χ2v) is 5.81. The molecule has 5 heteroatoms. The first-order valence-electron chi connectivity index (χ1n) is 7.83. The molecule has 0 aromatic carbocycles. The standard InChI is InChI=1S/C17H24N2O3/c1-2-3-4-7-15(16(20)21)19-11-8-17(22,9-12-19)14-6-5-10-18-13-14/h4-7,10,13,15,22H,2-3,8-9,11-12H2,1H3,(H,20,21). The molecule has 0 spiro atoms. The molecule has 0 aliphatic carbocycles. The highest BCUT2D eigenvalue weighted by Crippen LogP contribution is 2.33. The summed E-state index contributed by atoms with van der Waals surface area (Å²) in [6.07, 6.45) is 9.99. The van der Waals surface area contributed by atoms with E-state index in [2.05, 4.69) is 11.9 Å². The van der Waals surface area contributed by atoms with Gasteiger partial charge in [0, 0.05) is 31.0 Å². The molecular formula is C17H24N2O3. The number of rotatable bonds is 6. The smallest absolute Gasteiger partial charge is 0.324 e. The molecule has 1 aromatic rings. The summed E-state index contributed by atoms with van der Waals surface area (Å²) in [6.45, 7) is 3.17. The molecule has 0 saturated carbocycles. The summed E-state index contributed by atoms with van der Waals surface area (Å²) >= 11 is 0. The molecule has 1 saturated heterocycles. The number of pyridine rings is 1. The Morgan fingerprint density at radius 1 is 1.50 bits per heavy atom. The molecular weight excluding hydrogens is 280 g/mol. The first-order chi connectivity index (χ1) is 10.6. The number of hydrogen-bond donors (Lipinski definition) is 2. The van der Waals surface area contributed by atoms with Gasteiger partial charge in [0.25, 0.3) is 0 Å². The molecule has 5 nitrogen and oxygen atoms in total. The number of unbranched alkanes of at least 4 members (excludes halogenated alkanes) is 1. The van der Waals surface area contributed by atoms with Gasteiger partial charge in [-0.2, -0.15) is 0 Å². The van der Waals surface area contributed by atoms with Gasteiger partial charge in [0.1, 0.15) is 6.04 Å². The van der Waals surface area contributed by atoms with Crippen LogP contribution in [0.2, 0.25) is 0 Å². The average molecular weight is 304 g/mol. The number of allylic oxidation sites excluding steroid dienone is 1. The number of aromatic nitrogens is 1. The van der Waals surface area contributed by atoms with Gasteiger partial charge >= 0.3 is 5.97 Å². The number of carboxylic acid groups (broad SMARTS) is 1. The first-order valence-corrected chi connectivity index (χ1v) is 7.83. The first kappa shape index (κ1) is 16.6. The summed E-state index contributed by atoms with van der Waals surface area (Å²) in [5.41, 5.74) is -0.0935. The van der Waals surface area contributed by atoms with E-state index in [4.69, 9.17) is 0 Å². The lowest BCUT2D eigenvalue weighted by Crippen LogP contribution is -2.49. The van der Waals surface area contributed by atoms with Crippen molar-refractivity contribution in [1.82, 2.24) is 9.88 Å². The predicted molar refractivity (Wildman–Crippen MR) is 84.4 cm³/mol. The number of aliphatic carboxylic acids is 1. The van der Waals surface area contributed by atoms with Crippen LogP contribution in [0.15, 0.2) is 36.7 Å². The van der Waals surface area contributed by atoms with Gasteiger partial charge in [-0.25, -0.2) is 0 Å². The van der Waals surface area contributed by atoms with Gasteiger partial charge in [0.15, 0.2) is 0 Å². The molecule has 1 aromatic heterocycles. The van der Waals surface area contributed by atoms with E-state index >= 15 is 0 Å². The molecule has 1 aliphatic heterocycles. The van der Waals surface area contributed by atoms with E-state index in [0.29, 0.717) is 25.9 Å². The van der Waals surface area contributed by atoms with Crippen LogP contribution in [-0.2, 0) is 10.4 Å². The molecule has 0 radical (unpaired) electrons. The average Bonchev–Trinajstić information content (AvgIpc) is 2.53. The third kappa shape index (κ3) is 3.93. The minimum absolute atomic E-state index is 0.518. The fraction of sp³-hybridized carbons (Fsp3) is 0.529. The minimum atomic E-state index is -0.902. The van der Waals surface area contributed by atoms with Crippen LogP contribution in [0.3, 0.4) is 0 Å². The van der Waals surface area contributed by atoms with Crippen molar-refractivity contribution in [3.63, 3.8) is 0 Å². The van der Waals surface area contributed by atoms with Crippen molar-refractivity contribution in [2.24, 2.45) is 0 Å². The monoisotopic (exact) mass is 304 g/mol. The van der Waals surface area contributed by atoms with Crippen molar-refractivity contribution in [3.05, 3.63) is 42.2 Å².